The lowest BCUT2D eigenvalue weighted by molar-refractivity contribution is -0.183. The van der Waals surface area contributed by atoms with Crippen LogP contribution in [0.3, 0.4) is 0 Å². The molecule has 2 aliphatic rings. The molecule has 0 aromatic heterocycles. The van der Waals surface area contributed by atoms with E-state index >= 15 is 0 Å². The predicted molar refractivity (Wildman–Crippen MR) is 64.7 cm³/mol. The highest BCUT2D eigenvalue weighted by Crippen LogP contribution is 2.37. The Labute approximate surface area is 115 Å². The molecule has 0 unspecified atom stereocenters. The van der Waals surface area contributed by atoms with Gasteiger partial charge in [0.05, 0.1) is 17.9 Å². The van der Waals surface area contributed by atoms with Crippen LogP contribution in [0, 0.1) is 11.8 Å². The van der Waals surface area contributed by atoms with Crippen molar-refractivity contribution in [1.82, 2.24) is 15.1 Å². The summed E-state index contributed by atoms with van der Waals surface area (Å²) in [4.78, 5) is 26.0. The molecule has 0 spiro atoms. The minimum Gasteiger partial charge on any atom is -0.349 e. The van der Waals surface area contributed by atoms with Gasteiger partial charge in [0.25, 0.3) is 0 Å². The maximum atomic E-state index is 12.9. The molecule has 5 nitrogen and oxygen atoms in total. The van der Waals surface area contributed by atoms with Gasteiger partial charge in [-0.05, 0) is 7.05 Å². The Morgan fingerprint density at radius 1 is 1.15 bits per heavy atom. The normalized spacial score (nSPS) is 28.4. The lowest BCUT2D eigenvalue weighted by atomic mass is 9.94. The number of halogens is 3. The number of nitrogens with zero attached hydrogens (tertiary/aromatic N) is 2. The van der Waals surface area contributed by atoms with Crippen molar-refractivity contribution < 1.29 is 22.8 Å². The van der Waals surface area contributed by atoms with E-state index in [0.717, 1.165) is 0 Å². The minimum atomic E-state index is -4.36. The van der Waals surface area contributed by atoms with Gasteiger partial charge in [0.15, 0.2) is 0 Å². The molecular weight excluding hydrogens is 275 g/mol. The van der Waals surface area contributed by atoms with E-state index < -0.39 is 23.9 Å². The van der Waals surface area contributed by atoms with Crippen molar-refractivity contribution in [2.45, 2.75) is 19.1 Å². The van der Waals surface area contributed by atoms with E-state index in [2.05, 4.69) is 5.32 Å². The highest BCUT2D eigenvalue weighted by atomic mass is 19.4. The minimum absolute atomic E-state index is 0.0933. The summed E-state index contributed by atoms with van der Waals surface area (Å²) in [7, 11) is 1.58. The first-order valence-electron chi connectivity index (χ1n) is 6.49. The summed E-state index contributed by atoms with van der Waals surface area (Å²) in [5.41, 5.74) is 0. The number of carbonyl (C=O) groups is 2. The molecule has 2 heterocycles. The predicted octanol–water partition coefficient (Wildman–Crippen LogP) is 0.0734. The highest BCUT2D eigenvalue weighted by molar-refractivity contribution is 5.81. The molecule has 2 aliphatic heterocycles. The van der Waals surface area contributed by atoms with E-state index in [1.54, 1.807) is 7.05 Å². The molecule has 2 saturated heterocycles. The molecule has 0 radical (unpaired) electrons. The van der Waals surface area contributed by atoms with Crippen LogP contribution in [-0.4, -0.2) is 67.1 Å². The molecule has 1 N–H and O–H groups in total. The molecule has 8 heteroatoms. The number of carbonyl (C=O) groups excluding carboxylic acids is 2. The Bertz CT molecular complexity index is 407. The quantitative estimate of drug-likeness (QED) is 0.784. The van der Waals surface area contributed by atoms with Gasteiger partial charge in [-0.15, -0.1) is 0 Å². The fraction of sp³-hybridized carbons (Fsp3) is 0.833. The van der Waals surface area contributed by atoms with Gasteiger partial charge in [0.1, 0.15) is 0 Å². The first-order valence-corrected chi connectivity index (χ1v) is 6.49. The average molecular weight is 293 g/mol. The number of nitrogens with one attached hydrogen (secondary N) is 1. The van der Waals surface area contributed by atoms with Crippen molar-refractivity contribution in [2.24, 2.45) is 11.8 Å². The molecule has 114 valence electrons. The Morgan fingerprint density at radius 2 is 1.75 bits per heavy atom. The monoisotopic (exact) mass is 293 g/mol. The third kappa shape index (κ3) is 3.05. The summed E-state index contributed by atoms with van der Waals surface area (Å²) in [6, 6.07) is -0.230. The van der Waals surface area contributed by atoms with E-state index in [1.807, 2.05) is 0 Å². The van der Waals surface area contributed by atoms with Gasteiger partial charge in [-0.1, -0.05) is 0 Å². The van der Waals surface area contributed by atoms with Gasteiger partial charge < -0.3 is 15.1 Å². The lowest BCUT2D eigenvalue weighted by Crippen LogP contribution is -2.61. The molecular formula is C12H18F3N3O2. The topological polar surface area (TPSA) is 52.7 Å². The average Bonchev–Trinajstić information content (AvgIpc) is 2.64. The van der Waals surface area contributed by atoms with Crippen LogP contribution in [0.25, 0.3) is 0 Å². The summed E-state index contributed by atoms with van der Waals surface area (Å²) in [6.45, 7) is 2.13. The molecule has 0 aromatic carbocycles. The second-order valence-corrected chi connectivity index (χ2v) is 5.61. The lowest BCUT2D eigenvalue weighted by Gasteiger charge is -2.39. The van der Waals surface area contributed by atoms with E-state index in [9.17, 15) is 22.8 Å². The molecule has 2 atom stereocenters. The van der Waals surface area contributed by atoms with Crippen molar-refractivity contribution in [2.75, 3.05) is 33.2 Å². The van der Waals surface area contributed by atoms with E-state index in [1.165, 1.54) is 16.7 Å². The van der Waals surface area contributed by atoms with Crippen molar-refractivity contribution in [3.05, 3.63) is 0 Å². The van der Waals surface area contributed by atoms with E-state index in [0.29, 0.717) is 13.1 Å². The van der Waals surface area contributed by atoms with Crippen molar-refractivity contribution >= 4 is 11.8 Å². The first kappa shape index (κ1) is 15.1. The summed E-state index contributed by atoms with van der Waals surface area (Å²) >= 11 is 0. The third-order valence-electron chi connectivity index (χ3n) is 3.93. The van der Waals surface area contributed by atoms with Gasteiger partial charge in [-0.2, -0.15) is 13.2 Å². The van der Waals surface area contributed by atoms with Crippen LogP contribution < -0.4 is 5.32 Å². The largest absolute Gasteiger partial charge is 0.393 e. The molecule has 20 heavy (non-hydrogen) atoms. The van der Waals surface area contributed by atoms with Crippen LogP contribution in [0.1, 0.15) is 6.92 Å². The molecule has 0 saturated carbocycles. The summed E-state index contributed by atoms with van der Waals surface area (Å²) in [5, 5.41) is 2.61. The van der Waals surface area contributed by atoms with Crippen LogP contribution in [0.4, 0.5) is 13.2 Å². The fourth-order valence-corrected chi connectivity index (χ4v) is 2.73. The van der Waals surface area contributed by atoms with Gasteiger partial charge in [0, 0.05) is 33.1 Å². The van der Waals surface area contributed by atoms with Gasteiger partial charge in [-0.3, -0.25) is 9.59 Å². The number of alkyl halides is 3. The number of hydrogen-bond donors (Lipinski definition) is 1. The smallest absolute Gasteiger partial charge is 0.349 e. The van der Waals surface area contributed by atoms with Crippen molar-refractivity contribution in [3.63, 3.8) is 0 Å². The second-order valence-electron chi connectivity index (χ2n) is 5.61. The van der Waals surface area contributed by atoms with E-state index in [-0.39, 0.29) is 25.0 Å². The van der Waals surface area contributed by atoms with Crippen molar-refractivity contribution in [1.29, 1.82) is 0 Å². The molecule has 2 amide bonds. The first-order chi connectivity index (χ1) is 9.18. The van der Waals surface area contributed by atoms with Crippen LogP contribution in [-0.2, 0) is 9.59 Å². The third-order valence-corrected chi connectivity index (χ3v) is 3.93. The van der Waals surface area contributed by atoms with Crippen LogP contribution >= 0.6 is 0 Å². The van der Waals surface area contributed by atoms with Crippen LogP contribution in [0.2, 0.25) is 0 Å². The Kier molecular flexibility index (Phi) is 3.95. The standard InChI is InChI=1S/C12H18F3N3O2/c1-7(19)18-3-8(4-18)16-11(20)9-5-17(2)6-10(9)12(13,14)15/h8-10H,3-6H2,1-2H3,(H,16,20)/t9-,10-/m1/s1. The number of amides is 2. The van der Waals surface area contributed by atoms with Crippen molar-refractivity contribution in [3.8, 4) is 0 Å². The van der Waals surface area contributed by atoms with Gasteiger partial charge >= 0.3 is 6.18 Å². The summed E-state index contributed by atoms with van der Waals surface area (Å²) < 4.78 is 38.7. The molecule has 0 aromatic rings. The zero-order valence-electron chi connectivity index (χ0n) is 11.4. The number of rotatable bonds is 2. The maximum Gasteiger partial charge on any atom is 0.393 e. The molecule has 0 aliphatic carbocycles. The van der Waals surface area contributed by atoms with Gasteiger partial charge in [-0.25, -0.2) is 0 Å². The Balaban J connectivity index is 1.90. The SMILES string of the molecule is CC(=O)N1CC(NC(=O)[C@@H]2CN(C)C[C@H]2C(F)(F)F)C1. The fourth-order valence-electron chi connectivity index (χ4n) is 2.73. The molecule has 2 rings (SSSR count). The number of hydrogen-bond acceptors (Lipinski definition) is 3. The summed E-state index contributed by atoms with van der Waals surface area (Å²) in [5.74, 6) is -3.34. The number of likely N-dealkylation sites (tertiary alicyclic amines) is 2. The highest BCUT2D eigenvalue weighted by Gasteiger charge is 2.51. The Morgan fingerprint density at radius 3 is 2.25 bits per heavy atom. The van der Waals surface area contributed by atoms with Crippen LogP contribution in [0.5, 0.6) is 0 Å². The van der Waals surface area contributed by atoms with Gasteiger partial charge in [0.2, 0.25) is 11.8 Å². The summed E-state index contributed by atoms with van der Waals surface area (Å²) in [6.07, 6.45) is -4.36. The zero-order chi connectivity index (χ0) is 15.1. The van der Waals surface area contributed by atoms with Crippen LogP contribution in [0.15, 0.2) is 0 Å². The zero-order valence-corrected chi connectivity index (χ0v) is 11.4. The Hall–Kier alpha value is -1.31. The molecule has 2 fully saturated rings. The van der Waals surface area contributed by atoms with E-state index in [4.69, 9.17) is 0 Å². The maximum absolute atomic E-state index is 12.9. The molecule has 0 bridgehead atoms. The second kappa shape index (κ2) is 5.23.